The summed E-state index contributed by atoms with van der Waals surface area (Å²) in [5, 5.41) is 13.8. The van der Waals surface area contributed by atoms with Crippen molar-refractivity contribution in [1.82, 2.24) is 14.7 Å². The number of aromatic nitrogens is 2. The molecule has 0 radical (unpaired) electrons. The third-order valence-corrected chi connectivity index (χ3v) is 4.60. The molecule has 0 atom stereocenters. The number of aryl methyl sites for hydroxylation is 2. The number of halogens is 1. The van der Waals surface area contributed by atoms with Gasteiger partial charge in [0.1, 0.15) is 5.15 Å². The molecule has 112 valence electrons. The van der Waals surface area contributed by atoms with E-state index in [-0.39, 0.29) is 6.42 Å². The predicted molar refractivity (Wildman–Crippen MR) is 77.8 cm³/mol. The Balaban J connectivity index is 1.84. The molecule has 1 aromatic rings. The second-order valence-corrected chi connectivity index (χ2v) is 5.99. The van der Waals surface area contributed by atoms with Gasteiger partial charge in [-0.3, -0.25) is 14.4 Å². The number of piperidine rings is 1. The summed E-state index contributed by atoms with van der Waals surface area (Å²) in [5.41, 5.74) is 2.10. The number of hydrogen-bond acceptors (Lipinski definition) is 3. The summed E-state index contributed by atoms with van der Waals surface area (Å²) in [5.74, 6) is -0.141. The van der Waals surface area contributed by atoms with E-state index in [9.17, 15) is 4.79 Å². The Labute approximate surface area is 124 Å². The number of aliphatic carboxylic acids is 1. The molecule has 2 rings (SSSR count). The fraction of sp³-hybridized carbons (Fsp3) is 0.714. The quantitative estimate of drug-likeness (QED) is 0.907. The number of carboxylic acid groups (broad SMARTS) is 1. The van der Waals surface area contributed by atoms with Crippen LogP contribution >= 0.6 is 11.6 Å². The van der Waals surface area contributed by atoms with Crippen molar-refractivity contribution in [2.45, 2.75) is 39.2 Å². The van der Waals surface area contributed by atoms with Gasteiger partial charge in [0.25, 0.3) is 0 Å². The maximum Gasteiger partial charge on any atom is 0.303 e. The first-order valence-corrected chi connectivity index (χ1v) is 7.47. The zero-order chi connectivity index (χ0) is 14.7. The molecule has 1 aromatic heterocycles. The van der Waals surface area contributed by atoms with Crippen molar-refractivity contribution >= 4 is 17.6 Å². The van der Waals surface area contributed by atoms with Gasteiger partial charge in [0, 0.05) is 25.6 Å². The summed E-state index contributed by atoms with van der Waals surface area (Å²) in [6, 6.07) is 0. The van der Waals surface area contributed by atoms with E-state index in [1.165, 1.54) is 0 Å². The molecule has 1 saturated heterocycles. The van der Waals surface area contributed by atoms with Gasteiger partial charge in [0.05, 0.1) is 5.69 Å². The highest BCUT2D eigenvalue weighted by atomic mass is 35.5. The van der Waals surface area contributed by atoms with Crippen LogP contribution in [0.4, 0.5) is 0 Å². The molecular formula is C14H22ClN3O2. The molecule has 6 heteroatoms. The predicted octanol–water partition coefficient (Wildman–Crippen LogP) is 2.46. The number of carboxylic acids is 1. The maximum atomic E-state index is 10.6. The fourth-order valence-electron chi connectivity index (χ4n) is 2.84. The van der Waals surface area contributed by atoms with E-state index in [1.807, 2.05) is 14.0 Å². The summed E-state index contributed by atoms with van der Waals surface area (Å²) in [6.07, 6.45) is 3.24. The van der Waals surface area contributed by atoms with Gasteiger partial charge in [-0.05, 0) is 45.2 Å². The van der Waals surface area contributed by atoms with Crippen LogP contribution in [0.1, 0.15) is 36.9 Å². The third kappa shape index (κ3) is 3.73. The molecule has 1 aliphatic rings. The fourth-order valence-corrected chi connectivity index (χ4v) is 3.07. The number of likely N-dealkylation sites (tertiary alicyclic amines) is 1. The number of nitrogens with zero attached hydrogens (tertiary/aromatic N) is 3. The minimum absolute atomic E-state index is 0.290. The molecule has 0 saturated carbocycles. The van der Waals surface area contributed by atoms with Crippen molar-refractivity contribution in [3.8, 4) is 0 Å². The lowest BCUT2D eigenvalue weighted by atomic mass is 9.92. The van der Waals surface area contributed by atoms with Crippen LogP contribution in [0.3, 0.4) is 0 Å². The summed E-state index contributed by atoms with van der Waals surface area (Å²) < 4.78 is 1.71. The van der Waals surface area contributed by atoms with Crippen molar-refractivity contribution in [3.05, 3.63) is 16.4 Å². The summed E-state index contributed by atoms with van der Waals surface area (Å²) in [6.45, 7) is 4.84. The average Bonchev–Trinajstić information content (AvgIpc) is 2.64. The van der Waals surface area contributed by atoms with E-state index in [1.54, 1.807) is 4.68 Å². The second kappa shape index (κ2) is 6.59. The van der Waals surface area contributed by atoms with Crippen LogP contribution in [0, 0.1) is 12.8 Å². The van der Waals surface area contributed by atoms with E-state index in [0.717, 1.165) is 55.3 Å². The smallest absolute Gasteiger partial charge is 0.303 e. The third-order valence-electron chi connectivity index (χ3n) is 4.13. The highest BCUT2D eigenvalue weighted by Gasteiger charge is 2.22. The van der Waals surface area contributed by atoms with Crippen LogP contribution in [0.2, 0.25) is 5.15 Å². The molecule has 1 fully saturated rings. The highest BCUT2D eigenvalue weighted by Crippen LogP contribution is 2.26. The average molecular weight is 300 g/mol. The van der Waals surface area contributed by atoms with Gasteiger partial charge in [0.2, 0.25) is 0 Å². The van der Waals surface area contributed by atoms with Gasteiger partial charge in [-0.25, -0.2) is 0 Å². The number of hydrogen-bond donors (Lipinski definition) is 1. The van der Waals surface area contributed by atoms with Crippen LogP contribution in [0.15, 0.2) is 0 Å². The summed E-state index contributed by atoms with van der Waals surface area (Å²) in [4.78, 5) is 13.0. The highest BCUT2D eigenvalue weighted by molar-refractivity contribution is 6.30. The Morgan fingerprint density at radius 2 is 2.10 bits per heavy atom. The van der Waals surface area contributed by atoms with Gasteiger partial charge in [-0.1, -0.05) is 11.6 Å². The molecule has 0 amide bonds. The minimum atomic E-state index is -0.690. The van der Waals surface area contributed by atoms with Gasteiger partial charge in [-0.15, -0.1) is 0 Å². The molecular weight excluding hydrogens is 278 g/mol. The zero-order valence-corrected chi connectivity index (χ0v) is 12.9. The molecule has 0 spiro atoms. The molecule has 0 aliphatic carbocycles. The molecule has 0 aromatic carbocycles. The van der Waals surface area contributed by atoms with Crippen LogP contribution < -0.4 is 0 Å². The largest absolute Gasteiger partial charge is 0.481 e. The van der Waals surface area contributed by atoms with Crippen LogP contribution in [0.5, 0.6) is 0 Å². The van der Waals surface area contributed by atoms with Crippen molar-refractivity contribution in [1.29, 1.82) is 0 Å². The second-order valence-electron chi connectivity index (χ2n) is 5.63. The Morgan fingerprint density at radius 1 is 1.45 bits per heavy atom. The van der Waals surface area contributed by atoms with E-state index in [0.29, 0.717) is 5.92 Å². The lowest BCUT2D eigenvalue weighted by Gasteiger charge is -2.31. The first-order valence-electron chi connectivity index (χ1n) is 7.09. The van der Waals surface area contributed by atoms with Crippen molar-refractivity contribution in [3.63, 3.8) is 0 Å². The maximum absolute atomic E-state index is 10.6. The zero-order valence-electron chi connectivity index (χ0n) is 12.1. The first kappa shape index (κ1) is 15.3. The van der Waals surface area contributed by atoms with Crippen LogP contribution in [-0.4, -0.2) is 38.8 Å². The van der Waals surface area contributed by atoms with Crippen LogP contribution in [-0.2, 0) is 18.4 Å². The lowest BCUT2D eigenvalue weighted by Crippen LogP contribution is -2.33. The Kier molecular flexibility index (Phi) is 5.05. The van der Waals surface area contributed by atoms with E-state index >= 15 is 0 Å². The van der Waals surface area contributed by atoms with Crippen molar-refractivity contribution in [2.24, 2.45) is 13.0 Å². The Hall–Kier alpha value is -1.07. The van der Waals surface area contributed by atoms with Gasteiger partial charge < -0.3 is 5.11 Å². The van der Waals surface area contributed by atoms with Gasteiger partial charge in [0.15, 0.2) is 0 Å². The Morgan fingerprint density at radius 3 is 2.60 bits per heavy atom. The molecule has 1 N–H and O–H groups in total. The molecule has 0 unspecified atom stereocenters. The van der Waals surface area contributed by atoms with Crippen molar-refractivity contribution < 1.29 is 9.90 Å². The molecule has 2 heterocycles. The molecule has 5 nitrogen and oxygen atoms in total. The number of carbonyl (C=O) groups is 1. The summed E-state index contributed by atoms with van der Waals surface area (Å²) >= 11 is 6.26. The molecule has 20 heavy (non-hydrogen) atoms. The Bertz CT molecular complexity index is 479. The normalized spacial score (nSPS) is 17.6. The summed E-state index contributed by atoms with van der Waals surface area (Å²) in [7, 11) is 1.86. The molecule has 0 bridgehead atoms. The SMILES string of the molecule is Cc1nn(C)c(Cl)c1CN1CCC(CCC(=O)O)CC1. The van der Waals surface area contributed by atoms with Crippen molar-refractivity contribution in [2.75, 3.05) is 13.1 Å². The first-order chi connectivity index (χ1) is 9.47. The monoisotopic (exact) mass is 299 g/mol. The standard InChI is InChI=1S/C14H22ClN3O2/c1-10-12(14(15)17(2)16-10)9-18-7-5-11(6-8-18)3-4-13(19)20/h11H,3-9H2,1-2H3,(H,19,20). The number of rotatable bonds is 5. The van der Waals surface area contributed by atoms with E-state index in [2.05, 4.69) is 10.00 Å². The van der Waals surface area contributed by atoms with Gasteiger partial charge >= 0.3 is 5.97 Å². The van der Waals surface area contributed by atoms with E-state index < -0.39 is 5.97 Å². The van der Waals surface area contributed by atoms with Gasteiger partial charge in [-0.2, -0.15) is 5.10 Å². The van der Waals surface area contributed by atoms with E-state index in [4.69, 9.17) is 16.7 Å². The van der Waals surface area contributed by atoms with Crippen LogP contribution in [0.25, 0.3) is 0 Å². The topological polar surface area (TPSA) is 58.4 Å². The minimum Gasteiger partial charge on any atom is -0.481 e. The molecule has 1 aliphatic heterocycles. The lowest BCUT2D eigenvalue weighted by molar-refractivity contribution is -0.137.